The first-order valence-corrected chi connectivity index (χ1v) is 11.1. The van der Waals surface area contributed by atoms with Crippen LogP contribution in [0.25, 0.3) is 0 Å². The molecule has 3 amide bonds. The summed E-state index contributed by atoms with van der Waals surface area (Å²) < 4.78 is 0. The Morgan fingerprint density at radius 3 is 2.45 bits per heavy atom. The number of halogens is 1. The monoisotopic (exact) mass is 461 g/mol. The highest BCUT2D eigenvalue weighted by Gasteiger charge is 2.35. The van der Waals surface area contributed by atoms with Crippen LogP contribution >= 0.6 is 11.6 Å². The maximum atomic E-state index is 12.9. The number of para-hydroxylation sites is 1. The second-order valence-corrected chi connectivity index (χ2v) is 8.46. The third-order valence-electron chi connectivity index (χ3n) is 5.76. The number of amides is 3. The van der Waals surface area contributed by atoms with Crippen LogP contribution in [-0.4, -0.2) is 24.3 Å². The van der Waals surface area contributed by atoms with E-state index in [1.807, 2.05) is 31.2 Å². The minimum absolute atomic E-state index is 0.107. The van der Waals surface area contributed by atoms with Crippen molar-refractivity contribution in [1.82, 2.24) is 5.32 Å². The first kappa shape index (κ1) is 22.6. The van der Waals surface area contributed by atoms with Crippen molar-refractivity contribution >= 4 is 40.7 Å². The summed E-state index contributed by atoms with van der Waals surface area (Å²) in [5.41, 5.74) is 3.62. The lowest BCUT2D eigenvalue weighted by Gasteiger charge is -2.17. The molecule has 4 rings (SSSR count). The molecule has 1 aliphatic rings. The van der Waals surface area contributed by atoms with Crippen molar-refractivity contribution in [3.63, 3.8) is 0 Å². The van der Waals surface area contributed by atoms with Gasteiger partial charge in [-0.1, -0.05) is 48.0 Å². The molecule has 3 aromatic carbocycles. The van der Waals surface area contributed by atoms with Gasteiger partial charge in [0, 0.05) is 30.2 Å². The highest BCUT2D eigenvalue weighted by Crippen LogP contribution is 2.27. The Bertz CT molecular complexity index is 1190. The lowest BCUT2D eigenvalue weighted by atomic mass is 10.1. The summed E-state index contributed by atoms with van der Waals surface area (Å²) >= 11 is 5.93. The van der Waals surface area contributed by atoms with E-state index in [1.54, 1.807) is 53.4 Å². The molecule has 1 saturated heterocycles. The minimum Gasteiger partial charge on any atom is -0.348 e. The molecule has 0 unspecified atom stereocenters. The van der Waals surface area contributed by atoms with Crippen LogP contribution in [0.1, 0.15) is 27.9 Å². The highest BCUT2D eigenvalue weighted by atomic mass is 35.5. The molecule has 33 heavy (non-hydrogen) atoms. The largest absolute Gasteiger partial charge is 0.348 e. The van der Waals surface area contributed by atoms with Crippen molar-refractivity contribution in [3.8, 4) is 0 Å². The van der Waals surface area contributed by atoms with E-state index in [9.17, 15) is 14.4 Å². The fourth-order valence-electron chi connectivity index (χ4n) is 3.86. The molecule has 1 fully saturated rings. The van der Waals surface area contributed by atoms with Crippen LogP contribution < -0.4 is 15.5 Å². The molecule has 0 radical (unpaired) electrons. The highest BCUT2D eigenvalue weighted by molar-refractivity contribution is 6.30. The number of carbonyl (C=O) groups excluding carboxylic acids is 3. The number of rotatable bonds is 6. The molecule has 0 bridgehead atoms. The Hall–Kier alpha value is -3.64. The van der Waals surface area contributed by atoms with Crippen LogP contribution in [0.15, 0.2) is 72.8 Å². The molecule has 0 aliphatic carbocycles. The summed E-state index contributed by atoms with van der Waals surface area (Å²) in [4.78, 5) is 39.9. The maximum Gasteiger partial charge on any atom is 0.253 e. The lowest BCUT2D eigenvalue weighted by Crippen LogP contribution is -2.29. The Labute approximate surface area is 197 Å². The number of carbonyl (C=O) groups is 3. The zero-order valence-electron chi connectivity index (χ0n) is 18.2. The quantitative estimate of drug-likeness (QED) is 0.564. The SMILES string of the molecule is Cc1ccccc1CNC(=O)c1ccccc1NC(=O)[C@H]1CC(=O)N(c2ccc(Cl)cc2)C1. The summed E-state index contributed by atoms with van der Waals surface area (Å²) in [6.45, 7) is 2.65. The van der Waals surface area contributed by atoms with Crippen LogP contribution in [0.2, 0.25) is 5.02 Å². The van der Waals surface area contributed by atoms with Gasteiger partial charge in [-0.3, -0.25) is 14.4 Å². The van der Waals surface area contributed by atoms with E-state index in [0.717, 1.165) is 11.1 Å². The van der Waals surface area contributed by atoms with Gasteiger partial charge in [-0.2, -0.15) is 0 Å². The molecule has 1 aliphatic heterocycles. The van der Waals surface area contributed by atoms with Gasteiger partial charge in [0.25, 0.3) is 5.91 Å². The summed E-state index contributed by atoms with van der Waals surface area (Å²) in [5.74, 6) is -1.21. The van der Waals surface area contributed by atoms with Crippen molar-refractivity contribution < 1.29 is 14.4 Å². The molecule has 168 valence electrons. The van der Waals surface area contributed by atoms with E-state index in [1.165, 1.54) is 0 Å². The van der Waals surface area contributed by atoms with Crippen molar-refractivity contribution in [2.24, 2.45) is 5.92 Å². The van der Waals surface area contributed by atoms with Crippen LogP contribution in [0, 0.1) is 12.8 Å². The predicted octanol–water partition coefficient (Wildman–Crippen LogP) is 4.57. The van der Waals surface area contributed by atoms with Gasteiger partial charge in [-0.05, 0) is 54.4 Å². The van der Waals surface area contributed by atoms with Gasteiger partial charge in [-0.25, -0.2) is 0 Å². The molecule has 0 aromatic heterocycles. The van der Waals surface area contributed by atoms with Crippen molar-refractivity contribution in [1.29, 1.82) is 0 Å². The number of hydrogen-bond acceptors (Lipinski definition) is 3. The number of anilines is 2. The van der Waals surface area contributed by atoms with E-state index in [0.29, 0.717) is 28.5 Å². The zero-order valence-corrected chi connectivity index (χ0v) is 18.9. The Balaban J connectivity index is 1.42. The number of hydrogen-bond donors (Lipinski definition) is 2. The smallest absolute Gasteiger partial charge is 0.253 e. The standard InChI is InChI=1S/C26H24ClN3O3/c1-17-6-2-3-7-18(17)15-28-26(33)22-8-4-5-9-23(22)29-25(32)19-14-24(31)30(16-19)21-12-10-20(27)11-13-21/h2-13,19H,14-16H2,1H3,(H,28,33)(H,29,32)/t19-/m0/s1. The third-order valence-corrected chi connectivity index (χ3v) is 6.02. The van der Waals surface area contributed by atoms with Gasteiger partial charge in [-0.15, -0.1) is 0 Å². The number of benzene rings is 3. The van der Waals surface area contributed by atoms with E-state index in [4.69, 9.17) is 11.6 Å². The van der Waals surface area contributed by atoms with Crippen molar-refractivity contribution in [2.75, 3.05) is 16.8 Å². The molecule has 0 saturated carbocycles. The number of nitrogens with one attached hydrogen (secondary N) is 2. The Morgan fingerprint density at radius 2 is 1.70 bits per heavy atom. The van der Waals surface area contributed by atoms with Gasteiger partial charge in [0.1, 0.15) is 0 Å². The van der Waals surface area contributed by atoms with Crippen molar-refractivity contribution in [3.05, 3.63) is 94.5 Å². The second kappa shape index (κ2) is 9.88. The maximum absolute atomic E-state index is 12.9. The predicted molar refractivity (Wildman–Crippen MR) is 129 cm³/mol. The number of aryl methyl sites for hydroxylation is 1. The molecule has 0 spiro atoms. The second-order valence-electron chi connectivity index (χ2n) is 8.03. The molecule has 1 heterocycles. The van der Waals surface area contributed by atoms with Gasteiger partial charge in [0.2, 0.25) is 11.8 Å². The van der Waals surface area contributed by atoms with Crippen LogP contribution in [0.5, 0.6) is 0 Å². The average Bonchev–Trinajstić information content (AvgIpc) is 3.21. The Morgan fingerprint density at radius 1 is 1.00 bits per heavy atom. The average molecular weight is 462 g/mol. The molecule has 3 aromatic rings. The third kappa shape index (κ3) is 5.23. The normalized spacial score (nSPS) is 15.4. The van der Waals surface area contributed by atoms with Crippen molar-refractivity contribution in [2.45, 2.75) is 19.9 Å². The molecule has 6 nitrogen and oxygen atoms in total. The minimum atomic E-state index is -0.517. The summed E-state index contributed by atoms with van der Waals surface area (Å²) in [6.07, 6.45) is 0.107. The zero-order chi connectivity index (χ0) is 23.4. The van der Waals surface area contributed by atoms with Gasteiger partial charge in [0.15, 0.2) is 0 Å². The first-order valence-electron chi connectivity index (χ1n) is 10.7. The van der Waals surface area contributed by atoms with E-state index in [2.05, 4.69) is 10.6 Å². The number of nitrogens with zero attached hydrogens (tertiary/aromatic N) is 1. The Kier molecular flexibility index (Phi) is 6.75. The lowest BCUT2D eigenvalue weighted by molar-refractivity contribution is -0.122. The molecular formula is C26H24ClN3O3. The van der Waals surface area contributed by atoms with Crippen LogP contribution in [0.4, 0.5) is 11.4 Å². The molecule has 2 N–H and O–H groups in total. The summed E-state index contributed by atoms with van der Waals surface area (Å²) in [6, 6.07) is 21.6. The fourth-order valence-corrected chi connectivity index (χ4v) is 3.98. The molecular weight excluding hydrogens is 438 g/mol. The first-order chi connectivity index (χ1) is 15.9. The molecule has 1 atom stereocenters. The van der Waals surface area contributed by atoms with E-state index < -0.39 is 5.92 Å². The van der Waals surface area contributed by atoms with E-state index in [-0.39, 0.29) is 30.7 Å². The van der Waals surface area contributed by atoms with E-state index >= 15 is 0 Å². The van der Waals surface area contributed by atoms with Gasteiger partial charge in [0.05, 0.1) is 17.2 Å². The fraction of sp³-hybridized carbons (Fsp3) is 0.192. The van der Waals surface area contributed by atoms with Gasteiger partial charge < -0.3 is 15.5 Å². The summed E-state index contributed by atoms with van der Waals surface area (Å²) in [5, 5.41) is 6.34. The molecule has 7 heteroatoms. The van der Waals surface area contributed by atoms with Gasteiger partial charge >= 0.3 is 0 Å². The topological polar surface area (TPSA) is 78.5 Å². The van der Waals surface area contributed by atoms with Crippen LogP contribution in [-0.2, 0) is 16.1 Å². The van der Waals surface area contributed by atoms with Crippen LogP contribution in [0.3, 0.4) is 0 Å². The summed E-state index contributed by atoms with van der Waals surface area (Å²) in [7, 11) is 0.